The molecular formula is C21H23N3O2. The number of fused-ring (bicyclic) bond motifs is 5. The minimum Gasteiger partial charge on any atom is -0.491 e. The van der Waals surface area contributed by atoms with Crippen LogP contribution in [0.1, 0.15) is 6.42 Å². The Morgan fingerprint density at radius 2 is 1.73 bits per heavy atom. The fraction of sp³-hybridized carbons (Fsp3) is 0.286. The Morgan fingerprint density at radius 1 is 1.00 bits per heavy atom. The van der Waals surface area contributed by atoms with Gasteiger partial charge >= 0.3 is 0 Å². The highest BCUT2D eigenvalue weighted by atomic mass is 16.5. The van der Waals surface area contributed by atoms with Gasteiger partial charge in [-0.05, 0) is 32.6 Å². The molecule has 0 unspecified atom stereocenters. The quantitative estimate of drug-likeness (QED) is 0.561. The minimum atomic E-state index is -0.0575. The zero-order valence-corrected chi connectivity index (χ0v) is 15.4. The van der Waals surface area contributed by atoms with Crippen molar-refractivity contribution in [1.29, 1.82) is 0 Å². The van der Waals surface area contributed by atoms with E-state index in [0.717, 1.165) is 46.0 Å². The molecule has 0 aliphatic heterocycles. The fourth-order valence-corrected chi connectivity index (χ4v) is 3.67. The van der Waals surface area contributed by atoms with Crippen molar-refractivity contribution in [3.8, 4) is 5.75 Å². The third kappa shape index (κ3) is 2.65. The van der Waals surface area contributed by atoms with Crippen LogP contribution in [0.25, 0.3) is 32.7 Å². The van der Waals surface area contributed by atoms with Crippen molar-refractivity contribution in [2.75, 3.05) is 27.2 Å². The van der Waals surface area contributed by atoms with Crippen LogP contribution in [-0.4, -0.2) is 41.7 Å². The van der Waals surface area contributed by atoms with Crippen molar-refractivity contribution in [3.63, 3.8) is 0 Å². The first kappa shape index (κ1) is 16.7. The Hall–Kier alpha value is -2.79. The van der Waals surface area contributed by atoms with Gasteiger partial charge in [-0.15, -0.1) is 0 Å². The number of ether oxygens (including phenoxy) is 1. The molecule has 1 N–H and O–H groups in total. The SMILES string of the molecule is CN(C)CCCOc1cccc2c3[nH]c(=O)c4ccccc4c3n(C)c12. The first-order valence-corrected chi connectivity index (χ1v) is 8.87. The number of aromatic amines is 1. The lowest BCUT2D eigenvalue weighted by Gasteiger charge is -2.12. The van der Waals surface area contributed by atoms with Crippen LogP contribution >= 0.6 is 0 Å². The molecule has 0 bridgehead atoms. The van der Waals surface area contributed by atoms with E-state index in [0.29, 0.717) is 12.0 Å². The molecule has 0 saturated heterocycles. The van der Waals surface area contributed by atoms with Gasteiger partial charge < -0.3 is 19.2 Å². The van der Waals surface area contributed by atoms with Crippen LogP contribution in [0.4, 0.5) is 0 Å². The molecule has 4 rings (SSSR count). The average Bonchev–Trinajstić information content (AvgIpc) is 2.92. The topological polar surface area (TPSA) is 50.3 Å². The van der Waals surface area contributed by atoms with E-state index in [-0.39, 0.29) is 5.56 Å². The molecule has 0 aliphatic carbocycles. The van der Waals surface area contributed by atoms with Gasteiger partial charge in [-0.2, -0.15) is 0 Å². The second-order valence-corrected chi connectivity index (χ2v) is 6.94. The van der Waals surface area contributed by atoms with E-state index in [1.165, 1.54) is 0 Å². The van der Waals surface area contributed by atoms with Crippen LogP contribution in [0, 0.1) is 0 Å². The van der Waals surface area contributed by atoms with E-state index < -0.39 is 0 Å². The molecule has 2 heterocycles. The number of aryl methyl sites for hydroxylation is 1. The van der Waals surface area contributed by atoms with Gasteiger partial charge in [0.25, 0.3) is 5.56 Å². The molecule has 0 saturated carbocycles. The first-order chi connectivity index (χ1) is 12.6. The summed E-state index contributed by atoms with van der Waals surface area (Å²) in [5.74, 6) is 0.852. The highest BCUT2D eigenvalue weighted by Crippen LogP contribution is 2.35. The summed E-state index contributed by atoms with van der Waals surface area (Å²) in [7, 11) is 6.15. The third-order valence-electron chi connectivity index (χ3n) is 4.85. The number of pyridine rings is 1. The van der Waals surface area contributed by atoms with Crippen LogP contribution < -0.4 is 10.3 Å². The van der Waals surface area contributed by atoms with Crippen molar-refractivity contribution < 1.29 is 4.74 Å². The molecule has 2 aromatic heterocycles. The van der Waals surface area contributed by atoms with E-state index in [4.69, 9.17) is 4.74 Å². The molecule has 134 valence electrons. The van der Waals surface area contributed by atoms with Crippen molar-refractivity contribution in [2.24, 2.45) is 7.05 Å². The second-order valence-electron chi connectivity index (χ2n) is 6.94. The maximum atomic E-state index is 12.5. The van der Waals surface area contributed by atoms with Crippen LogP contribution in [0.15, 0.2) is 47.3 Å². The standard InChI is InChI=1S/C21H23N3O2/c1-23(2)12-7-13-26-17-11-6-10-16-18-20(24(3)19(16)17)14-8-4-5-9-15(14)21(25)22-18/h4-6,8-11H,7,12-13H2,1-3H3,(H,22,25). The number of para-hydroxylation sites is 1. The predicted octanol–water partition coefficient (Wildman–Crippen LogP) is 3.50. The summed E-state index contributed by atoms with van der Waals surface area (Å²) in [4.78, 5) is 17.7. The number of H-pyrrole nitrogens is 1. The van der Waals surface area contributed by atoms with Crippen molar-refractivity contribution in [2.45, 2.75) is 6.42 Å². The normalized spacial score (nSPS) is 11.8. The molecule has 0 radical (unpaired) electrons. The maximum absolute atomic E-state index is 12.5. The summed E-state index contributed by atoms with van der Waals surface area (Å²) in [6.45, 7) is 1.65. The summed E-state index contributed by atoms with van der Waals surface area (Å²) < 4.78 is 8.21. The zero-order chi connectivity index (χ0) is 18.3. The highest BCUT2D eigenvalue weighted by Gasteiger charge is 2.16. The van der Waals surface area contributed by atoms with Crippen LogP contribution in [0.3, 0.4) is 0 Å². The van der Waals surface area contributed by atoms with Crippen molar-refractivity contribution in [3.05, 3.63) is 52.8 Å². The second kappa shape index (κ2) is 6.50. The molecule has 2 aromatic carbocycles. The van der Waals surface area contributed by atoms with E-state index in [1.54, 1.807) is 0 Å². The number of hydrogen-bond acceptors (Lipinski definition) is 3. The number of nitrogens with zero attached hydrogens (tertiary/aromatic N) is 2. The maximum Gasteiger partial charge on any atom is 0.256 e. The van der Waals surface area contributed by atoms with Crippen molar-refractivity contribution >= 4 is 32.7 Å². The molecule has 0 atom stereocenters. The lowest BCUT2D eigenvalue weighted by atomic mass is 10.1. The molecule has 26 heavy (non-hydrogen) atoms. The predicted molar refractivity (Wildman–Crippen MR) is 107 cm³/mol. The lowest BCUT2D eigenvalue weighted by molar-refractivity contribution is 0.283. The number of rotatable bonds is 5. The van der Waals surface area contributed by atoms with E-state index in [1.807, 2.05) is 49.5 Å². The summed E-state index contributed by atoms with van der Waals surface area (Å²) in [5, 5.41) is 2.68. The summed E-state index contributed by atoms with van der Waals surface area (Å²) in [6.07, 6.45) is 0.965. The number of hydrogen-bond donors (Lipinski definition) is 1. The average molecular weight is 349 g/mol. The molecule has 0 aliphatic rings. The number of benzene rings is 2. The van der Waals surface area contributed by atoms with Gasteiger partial charge in [0.2, 0.25) is 0 Å². The molecule has 0 spiro atoms. The summed E-state index contributed by atoms with van der Waals surface area (Å²) in [5.41, 5.74) is 2.85. The number of nitrogens with one attached hydrogen (secondary N) is 1. The Kier molecular flexibility index (Phi) is 4.17. The van der Waals surface area contributed by atoms with Gasteiger partial charge in [-0.3, -0.25) is 4.79 Å². The third-order valence-corrected chi connectivity index (χ3v) is 4.85. The first-order valence-electron chi connectivity index (χ1n) is 8.87. The molecule has 4 aromatic rings. The molecular weight excluding hydrogens is 326 g/mol. The lowest BCUT2D eigenvalue weighted by Crippen LogP contribution is -2.15. The number of aromatic nitrogens is 2. The monoisotopic (exact) mass is 349 g/mol. The van der Waals surface area contributed by atoms with Crippen LogP contribution in [0.2, 0.25) is 0 Å². The van der Waals surface area contributed by atoms with Crippen LogP contribution in [0.5, 0.6) is 5.75 Å². The summed E-state index contributed by atoms with van der Waals surface area (Å²) in [6, 6.07) is 13.7. The molecule has 5 heteroatoms. The largest absolute Gasteiger partial charge is 0.491 e. The van der Waals surface area contributed by atoms with E-state index >= 15 is 0 Å². The van der Waals surface area contributed by atoms with Gasteiger partial charge in [0.05, 0.1) is 23.2 Å². The molecule has 0 amide bonds. The molecule has 0 fully saturated rings. The summed E-state index contributed by atoms with van der Waals surface area (Å²) >= 11 is 0. The fourth-order valence-electron chi connectivity index (χ4n) is 3.67. The van der Waals surface area contributed by atoms with E-state index in [2.05, 4.69) is 28.5 Å². The zero-order valence-electron chi connectivity index (χ0n) is 15.4. The minimum absolute atomic E-state index is 0.0575. The van der Waals surface area contributed by atoms with E-state index in [9.17, 15) is 4.79 Å². The van der Waals surface area contributed by atoms with Gasteiger partial charge in [0.1, 0.15) is 5.75 Å². The van der Waals surface area contributed by atoms with Gasteiger partial charge in [-0.1, -0.05) is 30.3 Å². The van der Waals surface area contributed by atoms with Gasteiger partial charge in [0.15, 0.2) is 0 Å². The van der Waals surface area contributed by atoms with Gasteiger partial charge in [0, 0.05) is 29.8 Å². The Morgan fingerprint density at radius 3 is 2.50 bits per heavy atom. The highest BCUT2D eigenvalue weighted by molar-refractivity contribution is 6.16. The van der Waals surface area contributed by atoms with Gasteiger partial charge in [-0.25, -0.2) is 0 Å². The smallest absolute Gasteiger partial charge is 0.256 e. The Balaban J connectivity index is 1.90. The molecule has 5 nitrogen and oxygen atoms in total. The Bertz CT molecular complexity index is 1150. The van der Waals surface area contributed by atoms with Crippen LogP contribution in [-0.2, 0) is 7.05 Å². The Labute approximate surface area is 151 Å². The van der Waals surface area contributed by atoms with Crippen molar-refractivity contribution in [1.82, 2.24) is 14.5 Å².